The van der Waals surface area contributed by atoms with Gasteiger partial charge in [0.05, 0.1) is 19.6 Å². The Morgan fingerprint density at radius 2 is 0.737 bits per heavy atom. The molecule has 0 aliphatic carbocycles. The topological polar surface area (TPSA) is 105 Å². The van der Waals surface area contributed by atoms with Crippen molar-refractivity contribution in [2.75, 3.05) is 0 Å². The quantitative estimate of drug-likeness (QED) is 0.119. The van der Waals surface area contributed by atoms with Crippen LogP contribution in [0.3, 0.4) is 0 Å². The van der Waals surface area contributed by atoms with Crippen molar-refractivity contribution in [1.29, 1.82) is 0 Å². The number of rotatable bonds is 12. The predicted octanol–water partition coefficient (Wildman–Crippen LogP) is 13.0. The molecule has 0 radical (unpaired) electrons. The second-order valence-corrected chi connectivity index (χ2v) is 18.7. The standard InChI is InChI=1S/C45H34Br2O8S2/c1-29-26-32(46)28-37(27-29)52-33-10-18-38(19-11-33)56(48,49)40-22-14-35(15-23-40)54-44-8-5-9-45(31(44)3)55-36-16-24-41(25-17-36)57(50,51)39-20-12-34(13-21-39)53-43-7-4-6-42(47)30(43)2/h4-28H,1-3H3. The van der Waals surface area contributed by atoms with E-state index in [-0.39, 0.29) is 19.6 Å². The van der Waals surface area contributed by atoms with E-state index in [4.69, 9.17) is 18.9 Å². The Labute approximate surface area is 348 Å². The van der Waals surface area contributed by atoms with Crippen molar-refractivity contribution < 1.29 is 35.8 Å². The van der Waals surface area contributed by atoms with Gasteiger partial charge in [-0.3, -0.25) is 0 Å². The molecule has 12 heteroatoms. The van der Waals surface area contributed by atoms with Gasteiger partial charge >= 0.3 is 0 Å². The zero-order valence-corrected chi connectivity index (χ0v) is 35.6. The summed E-state index contributed by atoms with van der Waals surface area (Å²) in [5.74, 6) is 4.20. The largest absolute Gasteiger partial charge is 0.457 e. The molecule has 0 spiro atoms. The van der Waals surface area contributed by atoms with E-state index >= 15 is 0 Å². The van der Waals surface area contributed by atoms with Gasteiger partial charge in [0.15, 0.2) is 0 Å². The fourth-order valence-electron chi connectivity index (χ4n) is 5.81. The van der Waals surface area contributed by atoms with Crippen LogP contribution in [0.4, 0.5) is 0 Å². The molecule has 0 fully saturated rings. The molecule has 0 atom stereocenters. The van der Waals surface area contributed by atoms with Crippen LogP contribution in [-0.2, 0) is 19.7 Å². The Morgan fingerprint density at radius 3 is 1.12 bits per heavy atom. The number of aryl methyl sites for hydroxylation is 1. The van der Waals surface area contributed by atoms with Crippen molar-refractivity contribution >= 4 is 51.5 Å². The summed E-state index contributed by atoms with van der Waals surface area (Å²) in [6, 6.07) is 41.6. The zero-order chi connectivity index (χ0) is 40.3. The minimum Gasteiger partial charge on any atom is -0.457 e. The lowest BCUT2D eigenvalue weighted by Crippen LogP contribution is -2.02. The molecule has 0 N–H and O–H groups in total. The molecule has 0 amide bonds. The summed E-state index contributed by atoms with van der Waals surface area (Å²) in [4.78, 5) is 0.492. The van der Waals surface area contributed by atoms with Gasteiger partial charge in [0.1, 0.15) is 46.0 Å². The zero-order valence-electron chi connectivity index (χ0n) is 30.8. The summed E-state index contributed by atoms with van der Waals surface area (Å²) in [6.07, 6.45) is 0. The van der Waals surface area contributed by atoms with Gasteiger partial charge < -0.3 is 18.9 Å². The molecule has 0 saturated heterocycles. The van der Waals surface area contributed by atoms with E-state index in [2.05, 4.69) is 31.9 Å². The first-order chi connectivity index (χ1) is 27.3. The molecule has 7 aromatic carbocycles. The molecule has 0 aliphatic heterocycles. The van der Waals surface area contributed by atoms with Crippen molar-refractivity contribution in [2.24, 2.45) is 0 Å². The van der Waals surface area contributed by atoms with Crippen molar-refractivity contribution in [3.63, 3.8) is 0 Å². The summed E-state index contributed by atoms with van der Waals surface area (Å²) < 4.78 is 79.7. The Hall–Kier alpha value is -5.40. The van der Waals surface area contributed by atoms with Crippen LogP contribution in [0.2, 0.25) is 0 Å². The normalized spacial score (nSPS) is 11.5. The Morgan fingerprint density at radius 1 is 0.386 bits per heavy atom. The average molecular weight is 927 g/mol. The summed E-state index contributed by atoms with van der Waals surface area (Å²) >= 11 is 6.96. The van der Waals surface area contributed by atoms with Crippen molar-refractivity contribution in [3.05, 3.63) is 177 Å². The SMILES string of the molecule is Cc1cc(Br)cc(Oc2ccc(S(=O)(=O)c3ccc(Oc4cccc(Oc5ccc(S(=O)(=O)c6ccc(Oc7cccc(Br)c7C)cc6)cc5)c4C)cc3)cc2)c1. The molecule has 288 valence electrons. The second-order valence-electron chi connectivity index (χ2n) is 13.0. The molecule has 0 saturated carbocycles. The summed E-state index contributed by atoms with van der Waals surface area (Å²) in [6.45, 7) is 5.72. The number of hydrogen-bond acceptors (Lipinski definition) is 8. The van der Waals surface area contributed by atoms with E-state index < -0.39 is 19.7 Å². The molecule has 57 heavy (non-hydrogen) atoms. The first-order valence-electron chi connectivity index (χ1n) is 17.5. The Kier molecular flexibility index (Phi) is 11.6. The maximum Gasteiger partial charge on any atom is 0.206 e. The molecule has 0 aromatic heterocycles. The van der Waals surface area contributed by atoms with Crippen LogP contribution >= 0.6 is 31.9 Å². The highest BCUT2D eigenvalue weighted by Crippen LogP contribution is 2.36. The van der Waals surface area contributed by atoms with Gasteiger partial charge in [-0.2, -0.15) is 0 Å². The highest BCUT2D eigenvalue weighted by Gasteiger charge is 2.20. The minimum atomic E-state index is -3.81. The molecular weight excluding hydrogens is 892 g/mol. The number of hydrogen-bond donors (Lipinski definition) is 0. The van der Waals surface area contributed by atoms with Gasteiger partial charge in [-0.15, -0.1) is 0 Å². The Bertz CT molecular complexity index is 2770. The molecule has 0 bridgehead atoms. The van der Waals surface area contributed by atoms with Crippen molar-refractivity contribution in [1.82, 2.24) is 0 Å². The van der Waals surface area contributed by atoms with Gasteiger partial charge in [-0.25, -0.2) is 16.8 Å². The number of sulfone groups is 2. The average Bonchev–Trinajstić information content (AvgIpc) is 3.19. The molecular formula is C45H34Br2O8S2. The Balaban J connectivity index is 0.987. The third kappa shape index (κ3) is 9.10. The van der Waals surface area contributed by atoms with Gasteiger partial charge in [0, 0.05) is 20.1 Å². The van der Waals surface area contributed by atoms with E-state index in [0.717, 1.165) is 20.1 Å². The van der Waals surface area contributed by atoms with E-state index in [0.29, 0.717) is 51.6 Å². The predicted molar refractivity (Wildman–Crippen MR) is 226 cm³/mol. The van der Waals surface area contributed by atoms with E-state index in [9.17, 15) is 16.8 Å². The highest BCUT2D eigenvalue weighted by atomic mass is 79.9. The lowest BCUT2D eigenvalue weighted by molar-refractivity contribution is 0.453. The maximum absolute atomic E-state index is 13.4. The fourth-order valence-corrected chi connectivity index (χ4v) is 9.27. The summed E-state index contributed by atoms with van der Waals surface area (Å²) in [7, 11) is -7.62. The highest BCUT2D eigenvalue weighted by molar-refractivity contribution is 9.10. The van der Waals surface area contributed by atoms with E-state index in [1.165, 1.54) is 48.5 Å². The third-order valence-electron chi connectivity index (χ3n) is 8.92. The van der Waals surface area contributed by atoms with Crippen LogP contribution in [0.15, 0.2) is 180 Å². The molecule has 0 unspecified atom stereocenters. The third-order valence-corrected chi connectivity index (χ3v) is 13.8. The maximum atomic E-state index is 13.4. The van der Waals surface area contributed by atoms with Gasteiger partial charge in [0.2, 0.25) is 19.7 Å². The molecule has 0 heterocycles. The van der Waals surface area contributed by atoms with Crippen LogP contribution in [0.5, 0.6) is 46.0 Å². The monoisotopic (exact) mass is 924 g/mol. The van der Waals surface area contributed by atoms with E-state index in [1.807, 2.05) is 57.2 Å². The van der Waals surface area contributed by atoms with Crippen LogP contribution in [0, 0.1) is 20.8 Å². The second kappa shape index (κ2) is 16.6. The number of halogens is 2. The minimum absolute atomic E-state index is 0.114. The van der Waals surface area contributed by atoms with E-state index in [1.54, 1.807) is 66.7 Å². The summed E-state index contributed by atoms with van der Waals surface area (Å²) in [5.41, 5.74) is 2.65. The first-order valence-corrected chi connectivity index (χ1v) is 22.1. The molecule has 7 aromatic rings. The first kappa shape index (κ1) is 39.8. The lowest BCUT2D eigenvalue weighted by Gasteiger charge is -2.14. The van der Waals surface area contributed by atoms with Crippen LogP contribution < -0.4 is 18.9 Å². The van der Waals surface area contributed by atoms with Crippen molar-refractivity contribution in [3.8, 4) is 46.0 Å². The van der Waals surface area contributed by atoms with Crippen LogP contribution in [-0.4, -0.2) is 16.8 Å². The molecule has 8 nitrogen and oxygen atoms in total. The van der Waals surface area contributed by atoms with Crippen molar-refractivity contribution in [2.45, 2.75) is 40.4 Å². The number of ether oxygens (including phenoxy) is 4. The molecule has 0 aliphatic rings. The fraction of sp³-hybridized carbons (Fsp3) is 0.0667. The van der Waals surface area contributed by atoms with Crippen LogP contribution in [0.25, 0.3) is 0 Å². The van der Waals surface area contributed by atoms with Crippen LogP contribution in [0.1, 0.15) is 16.7 Å². The van der Waals surface area contributed by atoms with Gasteiger partial charge in [-0.05, 0) is 166 Å². The van der Waals surface area contributed by atoms with Gasteiger partial charge in [0.25, 0.3) is 0 Å². The smallest absolute Gasteiger partial charge is 0.206 e. The lowest BCUT2D eigenvalue weighted by atomic mass is 10.2. The molecule has 7 rings (SSSR count). The van der Waals surface area contributed by atoms with Gasteiger partial charge in [-0.1, -0.05) is 44.0 Å². The summed E-state index contributed by atoms with van der Waals surface area (Å²) in [5, 5.41) is 0. The number of benzene rings is 7.